The van der Waals surface area contributed by atoms with E-state index in [1.165, 1.54) is 22.3 Å². The first-order chi connectivity index (χ1) is 9.58. The molecule has 0 heterocycles. The van der Waals surface area contributed by atoms with Crippen LogP contribution in [-0.2, 0) is 13.1 Å². The second kappa shape index (κ2) is 6.58. The summed E-state index contributed by atoms with van der Waals surface area (Å²) in [7, 11) is 3.85. The number of hydrogen-bond donors (Lipinski definition) is 0. The summed E-state index contributed by atoms with van der Waals surface area (Å²) in [6.07, 6.45) is 0. The zero-order valence-corrected chi connectivity index (χ0v) is 12.8. The van der Waals surface area contributed by atoms with Gasteiger partial charge < -0.3 is 4.74 Å². The number of aryl methyl sites for hydroxylation is 2. The predicted molar refractivity (Wildman–Crippen MR) is 84.1 cm³/mol. The van der Waals surface area contributed by atoms with Crippen LogP contribution in [0.3, 0.4) is 0 Å². The Kier molecular flexibility index (Phi) is 4.80. The van der Waals surface area contributed by atoms with Crippen LogP contribution in [0.5, 0.6) is 5.75 Å². The molecule has 0 aliphatic rings. The fraction of sp³-hybridized carbons (Fsp3) is 0.333. The number of nitrogens with zero attached hydrogens (tertiary/aromatic N) is 1. The molecule has 106 valence electrons. The van der Waals surface area contributed by atoms with Gasteiger partial charge in [0.1, 0.15) is 5.75 Å². The lowest BCUT2D eigenvalue weighted by molar-refractivity contribution is 0.318. The maximum absolute atomic E-state index is 5.19. The van der Waals surface area contributed by atoms with Gasteiger partial charge in [0.2, 0.25) is 0 Å². The van der Waals surface area contributed by atoms with Gasteiger partial charge in [0.25, 0.3) is 0 Å². The second-order valence-electron chi connectivity index (χ2n) is 5.45. The van der Waals surface area contributed by atoms with Crippen molar-refractivity contribution < 1.29 is 4.74 Å². The molecule has 0 bridgehead atoms. The average molecular weight is 269 g/mol. The monoisotopic (exact) mass is 269 g/mol. The normalized spacial score (nSPS) is 10.8. The van der Waals surface area contributed by atoms with Gasteiger partial charge in [-0.3, -0.25) is 4.90 Å². The summed E-state index contributed by atoms with van der Waals surface area (Å²) < 4.78 is 5.19. The third-order valence-electron chi connectivity index (χ3n) is 3.56. The minimum atomic E-state index is 0.908. The van der Waals surface area contributed by atoms with E-state index in [9.17, 15) is 0 Å². The molecule has 0 amide bonds. The van der Waals surface area contributed by atoms with Crippen molar-refractivity contribution in [3.05, 3.63) is 64.7 Å². The van der Waals surface area contributed by atoms with E-state index in [-0.39, 0.29) is 0 Å². The zero-order chi connectivity index (χ0) is 14.5. The summed E-state index contributed by atoms with van der Waals surface area (Å²) in [5.74, 6) is 0.908. The number of methoxy groups -OCH3 is 1. The first kappa shape index (κ1) is 14.6. The number of ether oxygens (including phenoxy) is 1. The molecule has 0 fully saturated rings. The Morgan fingerprint density at radius 2 is 1.65 bits per heavy atom. The van der Waals surface area contributed by atoms with E-state index < -0.39 is 0 Å². The third-order valence-corrected chi connectivity index (χ3v) is 3.56. The Morgan fingerprint density at radius 3 is 2.30 bits per heavy atom. The van der Waals surface area contributed by atoms with Gasteiger partial charge in [-0.2, -0.15) is 0 Å². The molecule has 0 unspecified atom stereocenters. The third kappa shape index (κ3) is 3.84. The topological polar surface area (TPSA) is 12.5 Å². The van der Waals surface area contributed by atoms with E-state index in [1.807, 2.05) is 12.1 Å². The molecule has 2 aromatic rings. The SMILES string of the molecule is COc1ccc(CN(C)Cc2cc(C)ccc2C)cc1. The second-order valence-corrected chi connectivity index (χ2v) is 5.45. The van der Waals surface area contributed by atoms with E-state index in [1.54, 1.807) is 7.11 Å². The van der Waals surface area contributed by atoms with Crippen molar-refractivity contribution in [3.8, 4) is 5.75 Å². The maximum Gasteiger partial charge on any atom is 0.118 e. The molecule has 0 atom stereocenters. The van der Waals surface area contributed by atoms with Crippen LogP contribution in [0.25, 0.3) is 0 Å². The van der Waals surface area contributed by atoms with Gasteiger partial charge in [-0.25, -0.2) is 0 Å². The van der Waals surface area contributed by atoms with E-state index in [0.29, 0.717) is 0 Å². The molecule has 2 heteroatoms. The molecule has 2 nitrogen and oxygen atoms in total. The van der Waals surface area contributed by atoms with E-state index in [4.69, 9.17) is 4.74 Å². The molecule has 20 heavy (non-hydrogen) atoms. The van der Waals surface area contributed by atoms with Gasteiger partial charge in [-0.1, -0.05) is 35.9 Å². The van der Waals surface area contributed by atoms with Crippen LogP contribution < -0.4 is 4.74 Å². The molecule has 0 spiro atoms. The predicted octanol–water partition coefficient (Wildman–Crippen LogP) is 3.94. The first-order valence-corrected chi connectivity index (χ1v) is 6.96. The van der Waals surface area contributed by atoms with Crippen LogP contribution in [0.15, 0.2) is 42.5 Å². The first-order valence-electron chi connectivity index (χ1n) is 6.96. The van der Waals surface area contributed by atoms with Crippen LogP contribution in [-0.4, -0.2) is 19.1 Å². The molecule has 0 aliphatic heterocycles. The summed E-state index contributed by atoms with van der Waals surface area (Å²) >= 11 is 0. The molecule has 0 saturated heterocycles. The summed E-state index contributed by atoms with van der Waals surface area (Å²) in [5.41, 5.74) is 5.39. The summed E-state index contributed by atoms with van der Waals surface area (Å²) in [4.78, 5) is 2.34. The molecule has 0 saturated carbocycles. The Morgan fingerprint density at radius 1 is 0.950 bits per heavy atom. The summed E-state index contributed by atoms with van der Waals surface area (Å²) in [5, 5.41) is 0. The molecule has 0 aliphatic carbocycles. The Labute approximate surface area is 122 Å². The number of hydrogen-bond acceptors (Lipinski definition) is 2. The van der Waals surface area contributed by atoms with E-state index in [2.05, 4.69) is 56.1 Å². The lowest BCUT2D eigenvalue weighted by atomic mass is 10.1. The fourth-order valence-corrected chi connectivity index (χ4v) is 2.36. The fourth-order valence-electron chi connectivity index (χ4n) is 2.36. The number of benzene rings is 2. The quantitative estimate of drug-likeness (QED) is 0.815. The minimum absolute atomic E-state index is 0.908. The van der Waals surface area contributed by atoms with Crippen molar-refractivity contribution in [1.82, 2.24) is 4.90 Å². The van der Waals surface area contributed by atoms with Crippen molar-refractivity contribution in [2.24, 2.45) is 0 Å². The van der Waals surface area contributed by atoms with Crippen LogP contribution in [0.2, 0.25) is 0 Å². The highest BCUT2D eigenvalue weighted by molar-refractivity contribution is 5.31. The van der Waals surface area contributed by atoms with Crippen LogP contribution in [0.1, 0.15) is 22.3 Å². The summed E-state index contributed by atoms with van der Waals surface area (Å²) in [6.45, 7) is 6.24. The molecule has 0 N–H and O–H groups in total. The van der Waals surface area contributed by atoms with E-state index >= 15 is 0 Å². The van der Waals surface area contributed by atoms with Gasteiger partial charge in [0, 0.05) is 13.1 Å². The van der Waals surface area contributed by atoms with Crippen molar-refractivity contribution in [2.75, 3.05) is 14.2 Å². The van der Waals surface area contributed by atoms with Crippen molar-refractivity contribution >= 4 is 0 Å². The zero-order valence-electron chi connectivity index (χ0n) is 12.8. The average Bonchev–Trinajstić information content (AvgIpc) is 2.43. The van der Waals surface area contributed by atoms with Gasteiger partial charge in [-0.05, 0) is 49.7 Å². The van der Waals surface area contributed by atoms with Gasteiger partial charge in [0.05, 0.1) is 7.11 Å². The van der Waals surface area contributed by atoms with Crippen molar-refractivity contribution in [3.63, 3.8) is 0 Å². The smallest absolute Gasteiger partial charge is 0.118 e. The van der Waals surface area contributed by atoms with Crippen molar-refractivity contribution in [2.45, 2.75) is 26.9 Å². The highest BCUT2D eigenvalue weighted by Gasteiger charge is 2.05. The molecule has 2 aromatic carbocycles. The highest BCUT2D eigenvalue weighted by Crippen LogP contribution is 2.16. The highest BCUT2D eigenvalue weighted by atomic mass is 16.5. The minimum Gasteiger partial charge on any atom is -0.497 e. The maximum atomic E-state index is 5.19. The van der Waals surface area contributed by atoms with Gasteiger partial charge >= 0.3 is 0 Å². The van der Waals surface area contributed by atoms with Crippen LogP contribution >= 0.6 is 0 Å². The Balaban J connectivity index is 2.00. The molecule has 2 rings (SSSR count). The molecular weight excluding hydrogens is 246 g/mol. The lowest BCUT2D eigenvalue weighted by Crippen LogP contribution is -2.17. The van der Waals surface area contributed by atoms with Gasteiger partial charge in [-0.15, -0.1) is 0 Å². The largest absolute Gasteiger partial charge is 0.497 e. The molecule has 0 radical (unpaired) electrons. The Hall–Kier alpha value is -1.80. The van der Waals surface area contributed by atoms with E-state index in [0.717, 1.165) is 18.8 Å². The number of rotatable bonds is 5. The van der Waals surface area contributed by atoms with Gasteiger partial charge in [0.15, 0.2) is 0 Å². The molecular formula is C18H23NO. The van der Waals surface area contributed by atoms with Crippen LogP contribution in [0.4, 0.5) is 0 Å². The van der Waals surface area contributed by atoms with Crippen LogP contribution in [0, 0.1) is 13.8 Å². The summed E-state index contributed by atoms with van der Waals surface area (Å²) in [6, 6.07) is 14.9. The van der Waals surface area contributed by atoms with Crippen molar-refractivity contribution in [1.29, 1.82) is 0 Å². The lowest BCUT2D eigenvalue weighted by Gasteiger charge is -2.18. The standard InChI is InChI=1S/C18H23NO/c1-14-5-6-15(2)17(11-14)13-19(3)12-16-7-9-18(20-4)10-8-16/h5-11H,12-13H2,1-4H3. The molecule has 0 aromatic heterocycles. The Bertz CT molecular complexity index is 560.